The van der Waals surface area contributed by atoms with Gasteiger partial charge in [0.2, 0.25) is 5.91 Å². The van der Waals surface area contributed by atoms with Crippen molar-refractivity contribution < 1.29 is 14.4 Å². The highest BCUT2D eigenvalue weighted by Crippen LogP contribution is 2.30. The first-order valence-electron chi connectivity index (χ1n) is 11.7. The molecule has 0 aliphatic carbocycles. The predicted octanol–water partition coefficient (Wildman–Crippen LogP) is 3.61. The van der Waals surface area contributed by atoms with Crippen LogP contribution in [0.3, 0.4) is 0 Å². The van der Waals surface area contributed by atoms with Crippen LogP contribution in [0.15, 0.2) is 60.7 Å². The second-order valence-corrected chi connectivity index (χ2v) is 8.96. The van der Waals surface area contributed by atoms with Gasteiger partial charge < -0.3 is 15.1 Å². The van der Waals surface area contributed by atoms with Crippen LogP contribution in [-0.4, -0.2) is 67.3 Å². The highest BCUT2D eigenvalue weighted by Gasteiger charge is 2.32. The molecule has 3 aromatic carbocycles. The van der Waals surface area contributed by atoms with Gasteiger partial charge in [-0.1, -0.05) is 24.3 Å². The van der Waals surface area contributed by atoms with Gasteiger partial charge in [0.1, 0.15) is 0 Å². The van der Waals surface area contributed by atoms with Gasteiger partial charge in [0.05, 0.1) is 0 Å². The molecule has 7 heteroatoms. The average molecular weight is 457 g/mol. The summed E-state index contributed by atoms with van der Waals surface area (Å²) in [6.07, 6.45) is 0.629. The summed E-state index contributed by atoms with van der Waals surface area (Å²) < 4.78 is 0. The fourth-order valence-corrected chi connectivity index (χ4v) is 4.72. The van der Waals surface area contributed by atoms with E-state index in [2.05, 4.69) is 22.2 Å². The van der Waals surface area contributed by atoms with Crippen LogP contribution in [-0.2, 0) is 4.79 Å². The number of likely N-dealkylation sites (N-methyl/N-ethyl adjacent to an activating group) is 1. The molecule has 0 unspecified atom stereocenters. The molecule has 1 N–H and O–H groups in total. The molecule has 0 saturated carbocycles. The van der Waals surface area contributed by atoms with Gasteiger partial charge in [0.25, 0.3) is 11.8 Å². The van der Waals surface area contributed by atoms with Crippen LogP contribution in [0.25, 0.3) is 10.8 Å². The maximum absolute atomic E-state index is 13.0. The topological polar surface area (TPSA) is 73.0 Å². The fourth-order valence-electron chi connectivity index (χ4n) is 4.72. The van der Waals surface area contributed by atoms with Crippen LogP contribution in [0, 0.1) is 0 Å². The second-order valence-electron chi connectivity index (χ2n) is 8.96. The third-order valence-corrected chi connectivity index (χ3v) is 6.66. The van der Waals surface area contributed by atoms with Crippen LogP contribution in [0.4, 0.5) is 11.4 Å². The standard InChI is InChI=1S/C27H28N4O3/c1-29-15-17-30(18-16-29)21-12-10-20(11-13-21)28-24(32)9-4-14-31-26(33)22-7-2-5-19-6-3-8-23(25(19)22)27(31)34/h2-3,5-8,10-13H,4,9,14-18H2,1H3,(H,28,32). The summed E-state index contributed by atoms with van der Waals surface area (Å²) in [6.45, 7) is 4.28. The first-order chi connectivity index (χ1) is 16.5. The lowest BCUT2D eigenvalue weighted by Gasteiger charge is -2.34. The Balaban J connectivity index is 1.16. The van der Waals surface area contributed by atoms with Crippen LogP contribution >= 0.6 is 0 Å². The van der Waals surface area contributed by atoms with Gasteiger partial charge in [-0.25, -0.2) is 0 Å². The number of amides is 3. The van der Waals surface area contributed by atoms with E-state index < -0.39 is 0 Å². The van der Waals surface area contributed by atoms with Crippen LogP contribution in [0.5, 0.6) is 0 Å². The molecular weight excluding hydrogens is 428 g/mol. The number of imide groups is 1. The van der Waals surface area contributed by atoms with Gasteiger partial charge in [-0.3, -0.25) is 19.3 Å². The molecule has 3 amide bonds. The van der Waals surface area contributed by atoms with Gasteiger partial charge in [-0.2, -0.15) is 0 Å². The van der Waals surface area contributed by atoms with E-state index in [0.717, 1.165) is 42.9 Å². The lowest BCUT2D eigenvalue weighted by atomic mass is 9.94. The molecule has 0 atom stereocenters. The summed E-state index contributed by atoms with van der Waals surface area (Å²) in [5, 5.41) is 4.52. The molecule has 1 fully saturated rings. The zero-order valence-corrected chi connectivity index (χ0v) is 19.3. The minimum absolute atomic E-state index is 0.133. The maximum Gasteiger partial charge on any atom is 0.261 e. The lowest BCUT2D eigenvalue weighted by molar-refractivity contribution is -0.116. The molecule has 0 spiro atoms. The van der Waals surface area contributed by atoms with E-state index in [4.69, 9.17) is 0 Å². The summed E-state index contributed by atoms with van der Waals surface area (Å²) in [7, 11) is 2.13. The third kappa shape index (κ3) is 4.26. The Morgan fingerprint density at radius 3 is 2.09 bits per heavy atom. The van der Waals surface area contributed by atoms with Gasteiger partial charge in [0, 0.05) is 67.0 Å². The maximum atomic E-state index is 13.0. The third-order valence-electron chi connectivity index (χ3n) is 6.66. The van der Waals surface area contributed by atoms with E-state index in [-0.39, 0.29) is 30.7 Å². The molecule has 2 aliphatic rings. The number of anilines is 2. The van der Waals surface area contributed by atoms with Crippen molar-refractivity contribution in [1.82, 2.24) is 9.80 Å². The Morgan fingerprint density at radius 2 is 1.47 bits per heavy atom. The van der Waals surface area contributed by atoms with Gasteiger partial charge in [-0.15, -0.1) is 0 Å². The fraction of sp³-hybridized carbons (Fsp3) is 0.296. The number of rotatable bonds is 6. The quantitative estimate of drug-likeness (QED) is 0.574. The number of piperazine rings is 1. The monoisotopic (exact) mass is 456 g/mol. The normalized spacial score (nSPS) is 16.3. The van der Waals surface area contributed by atoms with Crippen molar-refractivity contribution in [3.8, 4) is 0 Å². The molecule has 2 aliphatic heterocycles. The molecular formula is C27H28N4O3. The molecule has 174 valence electrons. The van der Waals surface area contributed by atoms with Gasteiger partial charge >= 0.3 is 0 Å². The van der Waals surface area contributed by atoms with E-state index in [0.29, 0.717) is 22.9 Å². The molecule has 1 saturated heterocycles. The van der Waals surface area contributed by atoms with Crippen molar-refractivity contribution in [3.63, 3.8) is 0 Å². The Kier molecular flexibility index (Phi) is 6.02. The SMILES string of the molecule is CN1CCN(c2ccc(NC(=O)CCCN3C(=O)c4cccc5cccc(c45)C3=O)cc2)CC1. The smallest absolute Gasteiger partial charge is 0.261 e. The van der Waals surface area contributed by atoms with Crippen molar-refractivity contribution >= 4 is 39.9 Å². The molecule has 34 heavy (non-hydrogen) atoms. The van der Waals surface area contributed by atoms with Crippen molar-refractivity contribution in [1.29, 1.82) is 0 Å². The van der Waals surface area contributed by atoms with E-state index >= 15 is 0 Å². The number of hydrogen-bond donors (Lipinski definition) is 1. The average Bonchev–Trinajstić information content (AvgIpc) is 2.85. The first kappa shape index (κ1) is 22.1. The number of hydrogen-bond acceptors (Lipinski definition) is 5. The minimum atomic E-state index is -0.297. The molecule has 7 nitrogen and oxygen atoms in total. The van der Waals surface area contributed by atoms with Crippen molar-refractivity contribution in [2.45, 2.75) is 12.8 Å². The van der Waals surface area contributed by atoms with E-state index in [1.165, 1.54) is 4.90 Å². The predicted molar refractivity (Wildman–Crippen MR) is 133 cm³/mol. The van der Waals surface area contributed by atoms with Crippen LogP contribution < -0.4 is 10.2 Å². The number of benzene rings is 3. The summed E-state index contributed by atoms with van der Waals surface area (Å²) in [5.74, 6) is -0.727. The zero-order valence-electron chi connectivity index (χ0n) is 19.3. The molecule has 0 radical (unpaired) electrons. The van der Waals surface area contributed by atoms with E-state index in [1.807, 2.05) is 48.5 Å². The Bertz CT molecular complexity index is 1200. The largest absolute Gasteiger partial charge is 0.369 e. The Hall–Kier alpha value is -3.71. The van der Waals surface area contributed by atoms with Gasteiger partial charge in [0.15, 0.2) is 0 Å². The second kappa shape index (κ2) is 9.27. The first-order valence-corrected chi connectivity index (χ1v) is 11.7. The van der Waals surface area contributed by atoms with E-state index in [9.17, 15) is 14.4 Å². The van der Waals surface area contributed by atoms with Crippen molar-refractivity contribution in [2.24, 2.45) is 0 Å². The molecule has 2 heterocycles. The highest BCUT2D eigenvalue weighted by molar-refractivity contribution is 6.25. The summed E-state index contributed by atoms with van der Waals surface area (Å²) in [4.78, 5) is 44.3. The summed E-state index contributed by atoms with van der Waals surface area (Å²) >= 11 is 0. The number of carbonyl (C=O) groups is 3. The Labute approximate surface area is 198 Å². The Morgan fingerprint density at radius 1 is 0.853 bits per heavy atom. The number of nitrogens with one attached hydrogen (secondary N) is 1. The van der Waals surface area contributed by atoms with E-state index in [1.54, 1.807) is 12.1 Å². The minimum Gasteiger partial charge on any atom is -0.369 e. The van der Waals surface area contributed by atoms with Crippen molar-refractivity contribution in [2.75, 3.05) is 50.0 Å². The molecule has 3 aromatic rings. The highest BCUT2D eigenvalue weighted by atomic mass is 16.2. The number of nitrogens with zero attached hydrogens (tertiary/aromatic N) is 3. The molecule has 0 bridgehead atoms. The van der Waals surface area contributed by atoms with Crippen molar-refractivity contribution in [3.05, 3.63) is 71.8 Å². The molecule has 0 aromatic heterocycles. The molecule has 5 rings (SSSR count). The van der Waals surface area contributed by atoms with Gasteiger partial charge in [-0.05, 0) is 55.3 Å². The zero-order chi connectivity index (χ0) is 23.7. The summed E-state index contributed by atoms with van der Waals surface area (Å²) in [6, 6.07) is 18.9. The summed E-state index contributed by atoms with van der Waals surface area (Å²) in [5.41, 5.74) is 2.98. The lowest BCUT2D eigenvalue weighted by Crippen LogP contribution is -2.44. The van der Waals surface area contributed by atoms with Crippen LogP contribution in [0.1, 0.15) is 33.6 Å². The van der Waals surface area contributed by atoms with Crippen LogP contribution in [0.2, 0.25) is 0 Å². The number of carbonyl (C=O) groups excluding carboxylic acids is 3.